The van der Waals surface area contributed by atoms with Gasteiger partial charge in [0.25, 0.3) is 0 Å². The molecule has 1 unspecified atom stereocenters. The van der Waals surface area contributed by atoms with Gasteiger partial charge in [-0.3, -0.25) is 4.79 Å². The van der Waals surface area contributed by atoms with Crippen molar-refractivity contribution >= 4 is 27.5 Å². The molecule has 1 atom stereocenters. The number of nitriles is 1. The van der Waals surface area contributed by atoms with Crippen molar-refractivity contribution in [3.63, 3.8) is 0 Å². The number of fused-ring (bicyclic) bond motifs is 1. The van der Waals surface area contributed by atoms with E-state index >= 15 is 0 Å². The fraction of sp³-hybridized carbons (Fsp3) is 0.333. The highest BCUT2D eigenvalue weighted by Crippen LogP contribution is 2.45. The average molecular weight is 411 g/mol. The van der Waals surface area contributed by atoms with E-state index in [9.17, 15) is 10.1 Å². The molecule has 2 aromatic carbocycles. The smallest absolute Gasteiger partial charge is 0.230 e. The number of anilines is 1. The highest BCUT2D eigenvalue weighted by molar-refractivity contribution is 9.10. The molecule has 26 heavy (non-hydrogen) atoms. The highest BCUT2D eigenvalue weighted by atomic mass is 79.9. The molecule has 1 amide bonds. The number of amides is 1. The first-order valence-corrected chi connectivity index (χ1v) is 9.71. The third kappa shape index (κ3) is 2.99. The Bertz CT molecular complexity index is 915. The summed E-state index contributed by atoms with van der Waals surface area (Å²) in [6, 6.07) is 13.5. The molecule has 1 saturated carbocycles. The van der Waals surface area contributed by atoms with Crippen LogP contribution < -0.4 is 9.64 Å². The lowest BCUT2D eigenvalue weighted by molar-refractivity contribution is -0.120. The number of ether oxygens (including phenoxy) is 1. The van der Waals surface area contributed by atoms with E-state index in [1.165, 1.54) is 0 Å². The Morgan fingerprint density at radius 1 is 1.23 bits per heavy atom. The molecule has 0 bridgehead atoms. The fourth-order valence-electron chi connectivity index (χ4n) is 3.51. The fourth-order valence-corrected chi connectivity index (χ4v) is 3.96. The Kier molecular flexibility index (Phi) is 4.46. The van der Waals surface area contributed by atoms with Gasteiger partial charge >= 0.3 is 0 Å². The molecule has 0 saturated heterocycles. The molecule has 1 fully saturated rings. The Morgan fingerprint density at radius 2 is 2.00 bits per heavy atom. The minimum atomic E-state index is 0.177. The van der Waals surface area contributed by atoms with E-state index in [0.29, 0.717) is 17.1 Å². The average Bonchev–Trinajstić information content (AvgIpc) is 3.49. The summed E-state index contributed by atoms with van der Waals surface area (Å²) in [7, 11) is 0. The van der Waals surface area contributed by atoms with Gasteiger partial charge in [0.15, 0.2) is 0 Å². The lowest BCUT2D eigenvalue weighted by atomic mass is 9.95. The first-order chi connectivity index (χ1) is 12.6. The summed E-state index contributed by atoms with van der Waals surface area (Å²) in [5.41, 5.74) is 2.46. The van der Waals surface area contributed by atoms with Crippen LogP contribution in [0.5, 0.6) is 11.5 Å². The summed E-state index contributed by atoms with van der Waals surface area (Å²) in [4.78, 5) is 14.8. The summed E-state index contributed by atoms with van der Waals surface area (Å²) >= 11 is 3.58. The van der Waals surface area contributed by atoms with Gasteiger partial charge in [-0.1, -0.05) is 12.1 Å². The number of para-hydroxylation sites is 1. The van der Waals surface area contributed by atoms with Crippen LogP contribution in [0.2, 0.25) is 0 Å². The van der Waals surface area contributed by atoms with Gasteiger partial charge in [-0.05, 0) is 72.8 Å². The van der Waals surface area contributed by atoms with Gasteiger partial charge in [-0.25, -0.2) is 0 Å². The van der Waals surface area contributed by atoms with Gasteiger partial charge in [0.05, 0.1) is 15.7 Å². The van der Waals surface area contributed by atoms with Crippen LogP contribution in [0.1, 0.15) is 37.3 Å². The quantitative estimate of drug-likeness (QED) is 0.699. The Hall–Kier alpha value is -2.32. The number of halogens is 1. The molecule has 132 valence electrons. The van der Waals surface area contributed by atoms with Crippen molar-refractivity contribution in [3.05, 3.63) is 52.0 Å². The maximum atomic E-state index is 12.8. The molecule has 4 nitrogen and oxygen atoms in total. The van der Waals surface area contributed by atoms with Crippen LogP contribution in [-0.4, -0.2) is 11.9 Å². The van der Waals surface area contributed by atoms with Crippen LogP contribution in [0, 0.1) is 17.2 Å². The number of hydrogen-bond donors (Lipinski definition) is 0. The molecule has 0 aromatic heterocycles. The number of carbonyl (C=O) groups excluding carboxylic acids is 1. The van der Waals surface area contributed by atoms with E-state index in [0.717, 1.165) is 41.4 Å². The SMILES string of the molecule is CC1CCc2c(ccc(Br)c2Oc2ccccc2C#N)N1C(=O)C1CC1. The topological polar surface area (TPSA) is 53.3 Å². The molecule has 0 N–H and O–H groups in total. The van der Waals surface area contributed by atoms with Crippen LogP contribution >= 0.6 is 15.9 Å². The maximum Gasteiger partial charge on any atom is 0.230 e. The van der Waals surface area contributed by atoms with Crippen LogP contribution in [0.15, 0.2) is 40.9 Å². The van der Waals surface area contributed by atoms with Crippen molar-refractivity contribution in [1.29, 1.82) is 5.26 Å². The second-order valence-electron chi connectivity index (χ2n) is 6.95. The second kappa shape index (κ2) is 6.77. The Balaban J connectivity index is 1.77. The van der Waals surface area contributed by atoms with Crippen LogP contribution in [-0.2, 0) is 11.2 Å². The molecule has 1 aliphatic heterocycles. The van der Waals surface area contributed by atoms with E-state index in [2.05, 4.69) is 28.9 Å². The van der Waals surface area contributed by atoms with Crippen molar-refractivity contribution in [2.45, 2.75) is 38.6 Å². The van der Waals surface area contributed by atoms with Crippen molar-refractivity contribution < 1.29 is 9.53 Å². The van der Waals surface area contributed by atoms with Crippen molar-refractivity contribution in [2.24, 2.45) is 5.92 Å². The molecule has 2 aromatic rings. The normalized spacial score (nSPS) is 18.8. The molecule has 2 aliphatic rings. The maximum absolute atomic E-state index is 12.8. The van der Waals surface area contributed by atoms with Gasteiger partial charge in [0.2, 0.25) is 5.91 Å². The zero-order valence-electron chi connectivity index (χ0n) is 14.5. The number of benzene rings is 2. The van der Waals surface area contributed by atoms with E-state index in [4.69, 9.17) is 4.74 Å². The Labute approximate surface area is 161 Å². The first kappa shape index (κ1) is 17.1. The standard InChI is InChI=1S/C21H19BrN2O2/c1-13-6-9-16-18(24(13)21(25)14-7-8-14)11-10-17(22)20(16)26-19-5-3-2-4-15(19)12-23/h2-5,10-11,13-14H,6-9H2,1H3. The molecule has 0 radical (unpaired) electrons. The van der Waals surface area contributed by atoms with Crippen LogP contribution in [0.3, 0.4) is 0 Å². The van der Waals surface area contributed by atoms with Crippen molar-refractivity contribution in [1.82, 2.24) is 0 Å². The predicted octanol–water partition coefficient (Wildman–Crippen LogP) is 5.19. The van der Waals surface area contributed by atoms with Gasteiger partial charge in [-0.2, -0.15) is 5.26 Å². The van der Waals surface area contributed by atoms with Gasteiger partial charge < -0.3 is 9.64 Å². The highest BCUT2D eigenvalue weighted by Gasteiger charge is 2.39. The van der Waals surface area contributed by atoms with E-state index in [-0.39, 0.29) is 17.9 Å². The van der Waals surface area contributed by atoms with Gasteiger partial charge in [0, 0.05) is 17.5 Å². The number of hydrogen-bond acceptors (Lipinski definition) is 3. The zero-order valence-corrected chi connectivity index (χ0v) is 16.1. The molecule has 5 heteroatoms. The lowest BCUT2D eigenvalue weighted by Crippen LogP contribution is -2.43. The van der Waals surface area contributed by atoms with Crippen LogP contribution in [0.4, 0.5) is 5.69 Å². The summed E-state index contributed by atoms with van der Waals surface area (Å²) < 4.78 is 6.99. The van der Waals surface area contributed by atoms with E-state index < -0.39 is 0 Å². The molecular weight excluding hydrogens is 392 g/mol. The molecule has 0 spiro atoms. The second-order valence-corrected chi connectivity index (χ2v) is 7.81. The van der Waals surface area contributed by atoms with Gasteiger partial charge in [0.1, 0.15) is 17.6 Å². The third-order valence-electron chi connectivity index (χ3n) is 5.08. The Morgan fingerprint density at radius 3 is 2.73 bits per heavy atom. The molecule has 4 rings (SSSR count). The zero-order chi connectivity index (χ0) is 18.3. The predicted molar refractivity (Wildman–Crippen MR) is 103 cm³/mol. The molecule has 1 aliphatic carbocycles. The summed E-state index contributed by atoms with van der Waals surface area (Å²) in [6.45, 7) is 2.11. The number of carbonyl (C=O) groups is 1. The molecular formula is C21H19BrN2O2. The first-order valence-electron chi connectivity index (χ1n) is 8.91. The summed E-state index contributed by atoms with van der Waals surface area (Å²) in [6.07, 6.45) is 3.73. The molecule has 1 heterocycles. The van der Waals surface area contributed by atoms with Crippen LogP contribution in [0.25, 0.3) is 0 Å². The van der Waals surface area contributed by atoms with Gasteiger partial charge in [-0.15, -0.1) is 0 Å². The summed E-state index contributed by atoms with van der Waals surface area (Å²) in [5.74, 6) is 1.63. The van der Waals surface area contributed by atoms with E-state index in [1.54, 1.807) is 12.1 Å². The van der Waals surface area contributed by atoms with E-state index in [1.807, 2.05) is 29.2 Å². The summed E-state index contributed by atoms with van der Waals surface area (Å²) in [5, 5.41) is 9.33. The largest absolute Gasteiger partial charge is 0.454 e. The number of rotatable bonds is 3. The lowest BCUT2D eigenvalue weighted by Gasteiger charge is -2.36. The third-order valence-corrected chi connectivity index (χ3v) is 5.71. The monoisotopic (exact) mass is 410 g/mol. The minimum absolute atomic E-state index is 0.177. The number of nitrogens with zero attached hydrogens (tertiary/aromatic N) is 2. The van der Waals surface area contributed by atoms with Crippen molar-refractivity contribution in [3.8, 4) is 17.6 Å². The van der Waals surface area contributed by atoms with Crippen molar-refractivity contribution in [2.75, 3.05) is 4.90 Å². The minimum Gasteiger partial charge on any atom is -0.454 e.